The van der Waals surface area contributed by atoms with Crippen LogP contribution in [0.3, 0.4) is 0 Å². The number of ether oxygens (including phenoxy) is 2. The van der Waals surface area contributed by atoms with Gasteiger partial charge >= 0.3 is 0 Å². The number of amides is 1. The second-order valence-electron chi connectivity index (χ2n) is 6.98. The number of carbonyl (C=O) groups is 1. The molecule has 0 fully saturated rings. The van der Waals surface area contributed by atoms with Crippen LogP contribution >= 0.6 is 0 Å². The lowest BCUT2D eigenvalue weighted by Gasteiger charge is -2.06. The molecule has 31 heavy (non-hydrogen) atoms. The largest absolute Gasteiger partial charge is 0.497 e. The number of hydrazone groups is 1. The second kappa shape index (κ2) is 9.63. The molecule has 156 valence electrons. The third-order valence-corrected chi connectivity index (χ3v) is 4.82. The van der Waals surface area contributed by atoms with Crippen molar-refractivity contribution in [1.82, 2.24) is 9.99 Å². The molecule has 0 aliphatic rings. The van der Waals surface area contributed by atoms with E-state index in [1.807, 2.05) is 48.7 Å². The van der Waals surface area contributed by atoms with Crippen LogP contribution in [0.5, 0.6) is 11.5 Å². The van der Waals surface area contributed by atoms with Crippen molar-refractivity contribution in [1.29, 1.82) is 0 Å². The molecule has 0 aliphatic carbocycles. The van der Waals surface area contributed by atoms with E-state index in [0.29, 0.717) is 11.5 Å². The van der Waals surface area contributed by atoms with Crippen molar-refractivity contribution < 1.29 is 14.3 Å². The van der Waals surface area contributed by atoms with E-state index in [2.05, 4.69) is 33.3 Å². The maximum Gasteiger partial charge on any atom is 0.277 e. The zero-order valence-electron chi connectivity index (χ0n) is 17.2. The van der Waals surface area contributed by atoms with Gasteiger partial charge in [0.05, 0.1) is 13.3 Å². The maximum atomic E-state index is 12.1. The van der Waals surface area contributed by atoms with Gasteiger partial charge in [-0.3, -0.25) is 4.79 Å². The number of hydrogen-bond donors (Lipinski definition) is 1. The number of fused-ring (bicyclic) bond motifs is 1. The highest BCUT2D eigenvalue weighted by molar-refractivity contribution is 5.99. The van der Waals surface area contributed by atoms with Gasteiger partial charge in [0.2, 0.25) is 0 Å². The monoisotopic (exact) mass is 413 g/mol. The lowest BCUT2D eigenvalue weighted by molar-refractivity contribution is -0.123. The van der Waals surface area contributed by atoms with Gasteiger partial charge < -0.3 is 14.0 Å². The number of methoxy groups -OCH3 is 1. The van der Waals surface area contributed by atoms with E-state index in [4.69, 9.17) is 9.47 Å². The van der Waals surface area contributed by atoms with Gasteiger partial charge in [-0.25, -0.2) is 5.43 Å². The molecule has 0 bridgehead atoms. The van der Waals surface area contributed by atoms with Gasteiger partial charge in [0, 0.05) is 35.3 Å². The molecule has 1 N–H and O–H groups in total. The molecule has 0 atom stereocenters. The Morgan fingerprint density at radius 1 is 1.00 bits per heavy atom. The van der Waals surface area contributed by atoms with E-state index >= 15 is 0 Å². The summed E-state index contributed by atoms with van der Waals surface area (Å²) in [6, 6.07) is 25.5. The lowest BCUT2D eigenvalue weighted by atomic mass is 10.2. The van der Waals surface area contributed by atoms with Crippen LogP contribution in [0.1, 0.15) is 11.1 Å². The fraction of sp³-hybridized carbons (Fsp3) is 0.120. The van der Waals surface area contributed by atoms with Crippen LogP contribution in [0, 0.1) is 0 Å². The van der Waals surface area contributed by atoms with E-state index in [1.54, 1.807) is 31.5 Å². The van der Waals surface area contributed by atoms with Crippen molar-refractivity contribution >= 4 is 23.0 Å². The minimum Gasteiger partial charge on any atom is -0.497 e. The standard InChI is InChI=1S/C25H23N3O3/c1-30-21-10-7-11-22(14-21)31-18-25(29)27-26-15-20-17-28(16-19-8-3-2-4-9-19)24-13-6-5-12-23(20)24/h2-15,17H,16,18H2,1H3,(H,27,29)/b26-15+. The Labute approximate surface area is 180 Å². The number of rotatable bonds is 8. The lowest BCUT2D eigenvalue weighted by Crippen LogP contribution is -2.24. The van der Waals surface area contributed by atoms with Crippen LogP contribution in [-0.2, 0) is 11.3 Å². The Kier molecular flexibility index (Phi) is 6.28. The highest BCUT2D eigenvalue weighted by Crippen LogP contribution is 2.21. The maximum absolute atomic E-state index is 12.1. The van der Waals surface area contributed by atoms with Crippen LogP contribution in [0.2, 0.25) is 0 Å². The third kappa shape index (κ3) is 5.11. The summed E-state index contributed by atoms with van der Waals surface area (Å²) in [7, 11) is 1.58. The predicted octanol–water partition coefficient (Wildman–Crippen LogP) is 4.23. The van der Waals surface area contributed by atoms with Crippen molar-refractivity contribution in [3.8, 4) is 11.5 Å². The number of benzene rings is 3. The molecule has 0 spiro atoms. The zero-order chi connectivity index (χ0) is 21.5. The Morgan fingerprint density at radius 2 is 1.77 bits per heavy atom. The molecule has 6 heteroatoms. The SMILES string of the molecule is COc1cccc(OCC(=O)N/N=C/c2cn(Cc3ccccc3)c3ccccc23)c1. The van der Waals surface area contributed by atoms with Crippen LogP contribution in [0.15, 0.2) is 90.2 Å². The average molecular weight is 413 g/mol. The molecular formula is C25H23N3O3. The summed E-state index contributed by atoms with van der Waals surface area (Å²) in [5, 5.41) is 5.19. The van der Waals surface area contributed by atoms with Gasteiger partial charge in [0.25, 0.3) is 5.91 Å². The topological polar surface area (TPSA) is 64.8 Å². The zero-order valence-corrected chi connectivity index (χ0v) is 17.2. The molecule has 0 radical (unpaired) electrons. The molecule has 4 rings (SSSR count). The molecule has 1 heterocycles. The number of aromatic nitrogens is 1. The normalized spacial score (nSPS) is 11.0. The smallest absolute Gasteiger partial charge is 0.277 e. The quantitative estimate of drug-likeness (QED) is 0.347. The van der Waals surface area contributed by atoms with Crippen molar-refractivity contribution in [2.45, 2.75) is 6.54 Å². The molecule has 3 aromatic carbocycles. The van der Waals surface area contributed by atoms with Gasteiger partial charge in [-0.1, -0.05) is 54.6 Å². The molecule has 1 aromatic heterocycles. The fourth-order valence-corrected chi connectivity index (χ4v) is 3.33. The van der Waals surface area contributed by atoms with Crippen LogP contribution in [0.25, 0.3) is 10.9 Å². The third-order valence-electron chi connectivity index (χ3n) is 4.82. The Hall–Kier alpha value is -4.06. The molecule has 4 aromatic rings. The van der Waals surface area contributed by atoms with E-state index < -0.39 is 0 Å². The number of hydrogen-bond acceptors (Lipinski definition) is 4. The first-order chi connectivity index (χ1) is 15.2. The summed E-state index contributed by atoms with van der Waals surface area (Å²) in [6.45, 7) is 0.621. The summed E-state index contributed by atoms with van der Waals surface area (Å²) in [6.07, 6.45) is 3.70. The molecular weight excluding hydrogens is 390 g/mol. The summed E-state index contributed by atoms with van der Waals surface area (Å²) in [4.78, 5) is 12.1. The van der Waals surface area contributed by atoms with Gasteiger partial charge in [-0.2, -0.15) is 5.10 Å². The average Bonchev–Trinajstić information content (AvgIpc) is 3.16. The number of para-hydroxylation sites is 1. The van der Waals surface area contributed by atoms with E-state index in [1.165, 1.54) is 5.56 Å². The molecule has 0 unspecified atom stereocenters. The van der Waals surface area contributed by atoms with Gasteiger partial charge in [0.1, 0.15) is 11.5 Å². The molecule has 1 amide bonds. The van der Waals surface area contributed by atoms with Crippen molar-refractivity contribution in [2.24, 2.45) is 5.10 Å². The van der Waals surface area contributed by atoms with Crippen LogP contribution in [-0.4, -0.2) is 30.4 Å². The van der Waals surface area contributed by atoms with E-state index in [-0.39, 0.29) is 12.5 Å². The predicted molar refractivity (Wildman–Crippen MR) is 122 cm³/mol. The van der Waals surface area contributed by atoms with Crippen molar-refractivity contribution in [3.63, 3.8) is 0 Å². The molecule has 0 saturated carbocycles. The van der Waals surface area contributed by atoms with Crippen LogP contribution < -0.4 is 14.9 Å². The number of nitrogens with zero attached hydrogens (tertiary/aromatic N) is 2. The van der Waals surface area contributed by atoms with Gasteiger partial charge in [-0.05, 0) is 23.8 Å². The molecule has 6 nitrogen and oxygen atoms in total. The Bertz CT molecular complexity index is 1200. The Morgan fingerprint density at radius 3 is 2.61 bits per heavy atom. The van der Waals surface area contributed by atoms with E-state index in [9.17, 15) is 4.79 Å². The summed E-state index contributed by atoms with van der Waals surface area (Å²) >= 11 is 0. The number of nitrogens with one attached hydrogen (secondary N) is 1. The first-order valence-electron chi connectivity index (χ1n) is 9.93. The minimum absolute atomic E-state index is 0.139. The number of carbonyl (C=O) groups excluding carboxylic acids is 1. The highest BCUT2D eigenvalue weighted by atomic mass is 16.5. The van der Waals surface area contributed by atoms with Gasteiger partial charge in [-0.15, -0.1) is 0 Å². The van der Waals surface area contributed by atoms with Crippen molar-refractivity contribution in [2.75, 3.05) is 13.7 Å². The minimum atomic E-state index is -0.341. The van der Waals surface area contributed by atoms with Crippen molar-refractivity contribution in [3.05, 3.63) is 96.2 Å². The van der Waals surface area contributed by atoms with Crippen LogP contribution in [0.4, 0.5) is 0 Å². The first-order valence-corrected chi connectivity index (χ1v) is 9.93. The fourth-order valence-electron chi connectivity index (χ4n) is 3.33. The first kappa shape index (κ1) is 20.2. The Balaban J connectivity index is 1.41. The highest BCUT2D eigenvalue weighted by Gasteiger charge is 2.08. The second-order valence-corrected chi connectivity index (χ2v) is 6.98. The molecule has 0 saturated heterocycles. The van der Waals surface area contributed by atoms with E-state index in [0.717, 1.165) is 23.0 Å². The van der Waals surface area contributed by atoms with Gasteiger partial charge in [0.15, 0.2) is 6.61 Å². The molecule has 0 aliphatic heterocycles. The summed E-state index contributed by atoms with van der Waals surface area (Å²) < 4.78 is 12.8. The summed E-state index contributed by atoms with van der Waals surface area (Å²) in [5.74, 6) is 0.886. The summed E-state index contributed by atoms with van der Waals surface area (Å²) in [5.41, 5.74) is 5.78.